The summed E-state index contributed by atoms with van der Waals surface area (Å²) in [5, 5.41) is 38.3. The van der Waals surface area contributed by atoms with Crippen molar-refractivity contribution < 1.29 is 29.9 Å². The molecule has 0 aromatic heterocycles. The summed E-state index contributed by atoms with van der Waals surface area (Å²) in [6.45, 7) is 4.11. The van der Waals surface area contributed by atoms with Crippen molar-refractivity contribution in [3.63, 3.8) is 0 Å². The van der Waals surface area contributed by atoms with Crippen molar-refractivity contribution in [2.75, 3.05) is 13.7 Å². The first-order valence-corrected chi connectivity index (χ1v) is 6.70. The highest BCUT2D eigenvalue weighted by atomic mass is 16.5. The van der Waals surface area contributed by atoms with Gasteiger partial charge in [-0.1, -0.05) is 0 Å². The first-order valence-electron chi connectivity index (χ1n) is 6.70. The smallest absolute Gasteiger partial charge is 0.131 e. The minimum atomic E-state index is -1.27. The third-order valence-electron chi connectivity index (χ3n) is 3.42. The van der Waals surface area contributed by atoms with Crippen molar-refractivity contribution in [3.05, 3.63) is 22.8 Å². The summed E-state index contributed by atoms with van der Waals surface area (Å²) >= 11 is 0. The minimum absolute atomic E-state index is 0.100. The molecule has 1 aromatic rings. The molecule has 0 heterocycles. The fraction of sp³-hybridized carbons (Fsp3) is 0.600. The second kappa shape index (κ2) is 7.09. The van der Waals surface area contributed by atoms with Crippen LogP contribution in [0, 0.1) is 6.92 Å². The highest BCUT2D eigenvalue weighted by Crippen LogP contribution is 2.35. The van der Waals surface area contributed by atoms with Gasteiger partial charge in [0.15, 0.2) is 0 Å². The SMILES string of the molecule is COc1c(C)c(OCC(O)C(C)(C)O)cc(CO)c1CO. The maximum atomic E-state index is 9.80. The molecular weight excluding hydrogens is 276 g/mol. The van der Waals surface area contributed by atoms with E-state index in [4.69, 9.17) is 9.47 Å². The molecule has 0 aliphatic carbocycles. The van der Waals surface area contributed by atoms with Crippen molar-refractivity contribution >= 4 is 0 Å². The second-order valence-electron chi connectivity index (χ2n) is 5.47. The summed E-state index contributed by atoms with van der Waals surface area (Å²) in [5.74, 6) is 0.869. The van der Waals surface area contributed by atoms with Gasteiger partial charge < -0.3 is 29.9 Å². The maximum absolute atomic E-state index is 9.80. The third-order valence-corrected chi connectivity index (χ3v) is 3.42. The molecule has 0 aliphatic rings. The van der Waals surface area contributed by atoms with Gasteiger partial charge in [0.2, 0.25) is 0 Å². The molecule has 6 nitrogen and oxygen atoms in total. The highest BCUT2D eigenvalue weighted by molar-refractivity contribution is 5.53. The van der Waals surface area contributed by atoms with Crippen LogP contribution in [0.1, 0.15) is 30.5 Å². The van der Waals surface area contributed by atoms with E-state index in [0.29, 0.717) is 28.2 Å². The van der Waals surface area contributed by atoms with Crippen LogP contribution < -0.4 is 9.47 Å². The predicted octanol–water partition coefficient (Wildman–Crippen LogP) is 0.499. The van der Waals surface area contributed by atoms with Gasteiger partial charge >= 0.3 is 0 Å². The first kappa shape index (κ1) is 17.7. The molecule has 0 radical (unpaired) electrons. The zero-order valence-corrected chi connectivity index (χ0v) is 12.9. The Morgan fingerprint density at radius 2 is 1.86 bits per heavy atom. The molecule has 0 amide bonds. The number of hydrogen-bond acceptors (Lipinski definition) is 6. The molecule has 1 aromatic carbocycles. The Balaban J connectivity index is 3.08. The molecule has 1 atom stereocenters. The van der Waals surface area contributed by atoms with Gasteiger partial charge in [-0.2, -0.15) is 0 Å². The van der Waals surface area contributed by atoms with Gasteiger partial charge in [0.1, 0.15) is 24.2 Å². The van der Waals surface area contributed by atoms with Gasteiger partial charge in [0.25, 0.3) is 0 Å². The molecule has 21 heavy (non-hydrogen) atoms. The number of hydrogen-bond donors (Lipinski definition) is 4. The molecule has 0 fully saturated rings. The molecule has 0 saturated heterocycles. The van der Waals surface area contributed by atoms with E-state index in [-0.39, 0.29) is 19.8 Å². The number of methoxy groups -OCH3 is 1. The van der Waals surface area contributed by atoms with Crippen LogP contribution in [0.4, 0.5) is 0 Å². The standard InChI is InChI=1S/C15H24O6/c1-9-12(21-8-13(18)15(2,3)19)5-10(6-16)11(7-17)14(9)20-4/h5,13,16-19H,6-8H2,1-4H3. The topological polar surface area (TPSA) is 99.4 Å². The van der Waals surface area contributed by atoms with Crippen molar-refractivity contribution in [1.82, 2.24) is 0 Å². The van der Waals surface area contributed by atoms with Gasteiger partial charge in [0.05, 0.1) is 25.9 Å². The second-order valence-corrected chi connectivity index (χ2v) is 5.47. The normalized spacial score (nSPS) is 13.1. The summed E-state index contributed by atoms with van der Waals surface area (Å²) in [5.41, 5.74) is 0.380. The molecule has 1 unspecified atom stereocenters. The number of benzene rings is 1. The fourth-order valence-corrected chi connectivity index (χ4v) is 1.95. The summed E-state index contributed by atoms with van der Waals surface area (Å²) in [7, 11) is 1.47. The number of rotatable bonds is 7. The monoisotopic (exact) mass is 300 g/mol. The fourth-order valence-electron chi connectivity index (χ4n) is 1.95. The van der Waals surface area contributed by atoms with Crippen molar-refractivity contribution in [1.29, 1.82) is 0 Å². The van der Waals surface area contributed by atoms with E-state index in [1.54, 1.807) is 13.0 Å². The molecular formula is C15H24O6. The van der Waals surface area contributed by atoms with E-state index >= 15 is 0 Å². The van der Waals surface area contributed by atoms with Crippen LogP contribution in [-0.4, -0.2) is 45.8 Å². The predicted molar refractivity (Wildman–Crippen MR) is 77.4 cm³/mol. The molecule has 6 heteroatoms. The van der Waals surface area contributed by atoms with Crippen molar-refractivity contribution in [2.45, 2.75) is 45.7 Å². The van der Waals surface area contributed by atoms with Crippen molar-refractivity contribution in [3.8, 4) is 11.5 Å². The van der Waals surface area contributed by atoms with Crippen LogP contribution in [-0.2, 0) is 13.2 Å². The zero-order chi connectivity index (χ0) is 16.2. The van der Waals surface area contributed by atoms with Gasteiger partial charge in [-0.25, -0.2) is 0 Å². The number of ether oxygens (including phenoxy) is 2. The Morgan fingerprint density at radius 3 is 2.29 bits per heavy atom. The summed E-state index contributed by atoms with van der Waals surface area (Å²) in [6, 6.07) is 1.60. The van der Waals surface area contributed by atoms with E-state index in [9.17, 15) is 20.4 Å². The van der Waals surface area contributed by atoms with Crippen LogP contribution in [0.5, 0.6) is 11.5 Å². The van der Waals surface area contributed by atoms with E-state index in [2.05, 4.69) is 0 Å². The lowest BCUT2D eigenvalue weighted by Gasteiger charge is -2.25. The summed E-state index contributed by atoms with van der Waals surface area (Å²) < 4.78 is 10.8. The Bertz CT molecular complexity index is 478. The van der Waals surface area contributed by atoms with Crippen LogP contribution in [0.25, 0.3) is 0 Å². The lowest BCUT2D eigenvalue weighted by molar-refractivity contribution is -0.0662. The Labute approximate surface area is 124 Å². The quantitative estimate of drug-likeness (QED) is 0.585. The Hall–Kier alpha value is -1.34. The first-order chi connectivity index (χ1) is 9.76. The lowest BCUT2D eigenvalue weighted by Crippen LogP contribution is -2.40. The molecule has 0 bridgehead atoms. The van der Waals surface area contributed by atoms with E-state index < -0.39 is 11.7 Å². The van der Waals surface area contributed by atoms with Crippen LogP contribution in [0.15, 0.2) is 6.07 Å². The lowest BCUT2D eigenvalue weighted by atomic mass is 10.0. The highest BCUT2D eigenvalue weighted by Gasteiger charge is 2.26. The number of aliphatic hydroxyl groups is 4. The van der Waals surface area contributed by atoms with Crippen molar-refractivity contribution in [2.24, 2.45) is 0 Å². The van der Waals surface area contributed by atoms with E-state index in [0.717, 1.165) is 0 Å². The van der Waals surface area contributed by atoms with Crippen LogP contribution in [0.3, 0.4) is 0 Å². The Morgan fingerprint density at radius 1 is 1.24 bits per heavy atom. The average molecular weight is 300 g/mol. The zero-order valence-electron chi connectivity index (χ0n) is 12.9. The molecule has 0 saturated carbocycles. The molecule has 0 aliphatic heterocycles. The van der Waals surface area contributed by atoms with Gasteiger partial charge in [0, 0.05) is 11.1 Å². The van der Waals surface area contributed by atoms with Crippen LogP contribution in [0.2, 0.25) is 0 Å². The van der Waals surface area contributed by atoms with E-state index in [1.807, 2.05) is 0 Å². The summed E-state index contributed by atoms with van der Waals surface area (Å²) in [6.07, 6.45) is -1.06. The van der Waals surface area contributed by atoms with Gasteiger partial charge in [-0.15, -0.1) is 0 Å². The molecule has 1 rings (SSSR count). The van der Waals surface area contributed by atoms with Gasteiger partial charge in [-0.05, 0) is 32.4 Å². The molecule has 0 spiro atoms. The third kappa shape index (κ3) is 4.07. The Kier molecular flexibility index (Phi) is 5.98. The maximum Gasteiger partial charge on any atom is 0.131 e. The van der Waals surface area contributed by atoms with Gasteiger partial charge in [-0.3, -0.25) is 0 Å². The summed E-state index contributed by atoms with van der Waals surface area (Å²) in [4.78, 5) is 0. The minimum Gasteiger partial charge on any atom is -0.496 e. The average Bonchev–Trinajstić information content (AvgIpc) is 2.43. The number of aliphatic hydroxyl groups excluding tert-OH is 3. The van der Waals surface area contributed by atoms with E-state index in [1.165, 1.54) is 21.0 Å². The largest absolute Gasteiger partial charge is 0.496 e. The molecule has 120 valence electrons. The molecule has 4 N–H and O–H groups in total. The van der Waals surface area contributed by atoms with Crippen LogP contribution >= 0.6 is 0 Å².